The van der Waals surface area contributed by atoms with Crippen molar-refractivity contribution in [3.63, 3.8) is 0 Å². The molecule has 5 heteroatoms. The second kappa shape index (κ2) is 7.22. The van der Waals surface area contributed by atoms with E-state index in [-0.39, 0.29) is 30.9 Å². The third-order valence-electron chi connectivity index (χ3n) is 3.70. The number of aryl methyl sites for hydroxylation is 1. The lowest BCUT2D eigenvalue weighted by Crippen LogP contribution is -2.38. The average molecular weight is 291 g/mol. The van der Waals surface area contributed by atoms with Crippen molar-refractivity contribution in [3.8, 4) is 0 Å². The summed E-state index contributed by atoms with van der Waals surface area (Å²) in [6.07, 6.45) is 1.30. The summed E-state index contributed by atoms with van der Waals surface area (Å²) in [6.45, 7) is 2.82. The number of carbonyl (C=O) groups is 2. The first-order chi connectivity index (χ1) is 10.1. The quantitative estimate of drug-likeness (QED) is 0.870. The summed E-state index contributed by atoms with van der Waals surface area (Å²) < 4.78 is 5.79. The molecule has 1 fully saturated rings. The molecular formula is C16H21NO4. The van der Waals surface area contributed by atoms with Crippen LogP contribution >= 0.6 is 0 Å². The zero-order chi connectivity index (χ0) is 15.2. The van der Waals surface area contributed by atoms with E-state index in [1.54, 1.807) is 0 Å². The van der Waals surface area contributed by atoms with Gasteiger partial charge in [-0.1, -0.05) is 29.8 Å². The Bertz CT molecular complexity index is 498. The van der Waals surface area contributed by atoms with Crippen molar-refractivity contribution in [2.45, 2.75) is 32.3 Å². The molecule has 1 heterocycles. The highest BCUT2D eigenvalue weighted by Gasteiger charge is 2.32. The van der Waals surface area contributed by atoms with E-state index in [1.165, 1.54) is 0 Å². The van der Waals surface area contributed by atoms with Gasteiger partial charge < -0.3 is 15.2 Å². The molecule has 0 spiro atoms. The van der Waals surface area contributed by atoms with Crippen LogP contribution in [0, 0.1) is 12.8 Å². The number of benzene rings is 1. The third kappa shape index (κ3) is 4.29. The first-order valence-electron chi connectivity index (χ1n) is 7.25. The molecule has 2 unspecified atom stereocenters. The Balaban J connectivity index is 2.02. The number of hydrogen-bond donors (Lipinski definition) is 2. The highest BCUT2D eigenvalue weighted by Crippen LogP contribution is 2.33. The number of amides is 1. The zero-order valence-corrected chi connectivity index (χ0v) is 12.2. The standard InChI is InChI=1S/C16H21NO4/c1-11-4-6-12(7-5-11)15-13(3-2-10-21-15)16(20)17-9-8-14(18)19/h4-7,13,15H,2-3,8-10H2,1H3,(H,17,20)(H,18,19). The first-order valence-corrected chi connectivity index (χ1v) is 7.25. The summed E-state index contributed by atoms with van der Waals surface area (Å²) in [7, 11) is 0. The Morgan fingerprint density at radius 1 is 1.33 bits per heavy atom. The summed E-state index contributed by atoms with van der Waals surface area (Å²) in [5.74, 6) is -1.29. The molecule has 2 rings (SSSR count). The molecule has 0 saturated carbocycles. The molecular weight excluding hydrogens is 270 g/mol. The Kier molecular flexibility index (Phi) is 5.33. The molecule has 114 valence electrons. The van der Waals surface area contributed by atoms with Crippen LogP contribution in [0.15, 0.2) is 24.3 Å². The van der Waals surface area contributed by atoms with Gasteiger partial charge in [0.1, 0.15) is 0 Å². The van der Waals surface area contributed by atoms with Crippen LogP contribution in [0.3, 0.4) is 0 Å². The van der Waals surface area contributed by atoms with Crippen LogP contribution in [0.25, 0.3) is 0 Å². The molecule has 2 N–H and O–H groups in total. The minimum absolute atomic E-state index is 0.0610. The number of carbonyl (C=O) groups excluding carboxylic acids is 1. The summed E-state index contributed by atoms with van der Waals surface area (Å²) in [6, 6.07) is 7.99. The minimum atomic E-state index is -0.912. The summed E-state index contributed by atoms with van der Waals surface area (Å²) >= 11 is 0. The van der Waals surface area contributed by atoms with Crippen LogP contribution < -0.4 is 5.32 Å². The van der Waals surface area contributed by atoms with Gasteiger partial charge in [0, 0.05) is 13.2 Å². The van der Waals surface area contributed by atoms with Gasteiger partial charge in [0.15, 0.2) is 0 Å². The number of rotatable bonds is 5. The number of ether oxygens (including phenoxy) is 1. The lowest BCUT2D eigenvalue weighted by atomic mass is 9.88. The molecule has 1 amide bonds. The fourth-order valence-corrected chi connectivity index (χ4v) is 2.56. The van der Waals surface area contributed by atoms with Gasteiger partial charge in [-0.05, 0) is 25.3 Å². The molecule has 5 nitrogen and oxygen atoms in total. The molecule has 0 aromatic heterocycles. The third-order valence-corrected chi connectivity index (χ3v) is 3.70. The van der Waals surface area contributed by atoms with Crippen molar-refractivity contribution < 1.29 is 19.4 Å². The predicted octanol–water partition coefficient (Wildman–Crippen LogP) is 2.05. The fourth-order valence-electron chi connectivity index (χ4n) is 2.56. The van der Waals surface area contributed by atoms with E-state index in [2.05, 4.69) is 5.32 Å². The van der Waals surface area contributed by atoms with E-state index >= 15 is 0 Å². The van der Waals surface area contributed by atoms with Crippen LogP contribution in [0.4, 0.5) is 0 Å². The zero-order valence-electron chi connectivity index (χ0n) is 12.2. The van der Waals surface area contributed by atoms with Crippen molar-refractivity contribution >= 4 is 11.9 Å². The van der Waals surface area contributed by atoms with Crippen molar-refractivity contribution in [2.75, 3.05) is 13.2 Å². The number of nitrogens with one attached hydrogen (secondary N) is 1. The van der Waals surface area contributed by atoms with Gasteiger partial charge in [0.2, 0.25) is 5.91 Å². The van der Waals surface area contributed by atoms with Crippen molar-refractivity contribution in [1.29, 1.82) is 0 Å². The number of carboxylic acid groups (broad SMARTS) is 1. The van der Waals surface area contributed by atoms with Gasteiger partial charge in [0.05, 0.1) is 18.4 Å². The first kappa shape index (κ1) is 15.5. The normalized spacial score (nSPS) is 21.8. The number of carboxylic acids is 1. The van der Waals surface area contributed by atoms with Crippen molar-refractivity contribution in [3.05, 3.63) is 35.4 Å². The predicted molar refractivity (Wildman–Crippen MR) is 77.9 cm³/mol. The summed E-state index contributed by atoms with van der Waals surface area (Å²) in [4.78, 5) is 22.7. The van der Waals surface area contributed by atoms with Gasteiger partial charge >= 0.3 is 5.97 Å². The van der Waals surface area contributed by atoms with E-state index in [4.69, 9.17) is 9.84 Å². The van der Waals surface area contributed by atoms with Gasteiger partial charge in [0.25, 0.3) is 0 Å². The molecule has 1 aliphatic rings. The van der Waals surface area contributed by atoms with Gasteiger partial charge in [-0.25, -0.2) is 0 Å². The number of aliphatic carboxylic acids is 1. The SMILES string of the molecule is Cc1ccc(C2OCCCC2C(=O)NCCC(=O)O)cc1. The monoisotopic (exact) mass is 291 g/mol. The maximum absolute atomic E-state index is 12.2. The van der Waals surface area contributed by atoms with Gasteiger partial charge in [-0.15, -0.1) is 0 Å². The summed E-state index contributed by atoms with van der Waals surface area (Å²) in [5, 5.41) is 11.3. The highest BCUT2D eigenvalue weighted by atomic mass is 16.5. The largest absolute Gasteiger partial charge is 0.481 e. The molecule has 2 atom stereocenters. The van der Waals surface area contributed by atoms with E-state index in [1.807, 2.05) is 31.2 Å². The van der Waals surface area contributed by atoms with Crippen LogP contribution in [0.5, 0.6) is 0 Å². The van der Waals surface area contributed by atoms with Crippen LogP contribution in [-0.2, 0) is 14.3 Å². The smallest absolute Gasteiger partial charge is 0.305 e. The van der Waals surface area contributed by atoms with E-state index in [0.29, 0.717) is 6.61 Å². The second-order valence-electron chi connectivity index (χ2n) is 5.39. The van der Waals surface area contributed by atoms with E-state index in [0.717, 1.165) is 24.0 Å². The molecule has 1 aliphatic heterocycles. The maximum atomic E-state index is 12.2. The van der Waals surface area contributed by atoms with E-state index in [9.17, 15) is 9.59 Å². The molecule has 0 aliphatic carbocycles. The Hall–Kier alpha value is -1.88. The second-order valence-corrected chi connectivity index (χ2v) is 5.39. The Morgan fingerprint density at radius 2 is 2.05 bits per heavy atom. The highest BCUT2D eigenvalue weighted by molar-refractivity contribution is 5.80. The van der Waals surface area contributed by atoms with Crippen molar-refractivity contribution in [1.82, 2.24) is 5.32 Å². The fraction of sp³-hybridized carbons (Fsp3) is 0.500. The van der Waals surface area contributed by atoms with Gasteiger partial charge in [-0.3, -0.25) is 9.59 Å². The topological polar surface area (TPSA) is 75.6 Å². The van der Waals surface area contributed by atoms with Crippen LogP contribution in [0.1, 0.15) is 36.5 Å². The maximum Gasteiger partial charge on any atom is 0.305 e. The van der Waals surface area contributed by atoms with E-state index < -0.39 is 5.97 Å². The Morgan fingerprint density at radius 3 is 2.71 bits per heavy atom. The molecule has 0 radical (unpaired) electrons. The Labute approximate surface area is 124 Å². The lowest BCUT2D eigenvalue weighted by Gasteiger charge is -2.31. The van der Waals surface area contributed by atoms with Gasteiger partial charge in [-0.2, -0.15) is 0 Å². The molecule has 1 saturated heterocycles. The average Bonchev–Trinajstić information content (AvgIpc) is 2.47. The van der Waals surface area contributed by atoms with Crippen LogP contribution in [-0.4, -0.2) is 30.1 Å². The number of hydrogen-bond acceptors (Lipinski definition) is 3. The molecule has 21 heavy (non-hydrogen) atoms. The van der Waals surface area contributed by atoms with Crippen LogP contribution in [0.2, 0.25) is 0 Å². The molecule has 0 bridgehead atoms. The molecule has 1 aromatic carbocycles. The van der Waals surface area contributed by atoms with Crippen molar-refractivity contribution in [2.24, 2.45) is 5.92 Å². The summed E-state index contributed by atoms with van der Waals surface area (Å²) in [5.41, 5.74) is 2.16. The minimum Gasteiger partial charge on any atom is -0.481 e. The lowest BCUT2D eigenvalue weighted by molar-refractivity contribution is -0.137. The molecule has 1 aromatic rings.